The Morgan fingerprint density at radius 2 is 1.61 bits per heavy atom. The number of likely N-dealkylation sites (N-methyl/N-ethyl adjacent to an activating group) is 1. The van der Waals surface area contributed by atoms with E-state index < -0.39 is 6.04 Å². The van der Waals surface area contributed by atoms with Gasteiger partial charge in [0.2, 0.25) is 11.8 Å². The lowest BCUT2D eigenvalue weighted by molar-refractivity contribution is -0.139. The van der Waals surface area contributed by atoms with Crippen molar-refractivity contribution >= 4 is 23.6 Å². The van der Waals surface area contributed by atoms with Crippen molar-refractivity contribution < 1.29 is 14.0 Å². The third-order valence-electron chi connectivity index (χ3n) is 5.27. The summed E-state index contributed by atoms with van der Waals surface area (Å²) >= 11 is 1.44. The second-order valence-electron chi connectivity index (χ2n) is 7.85. The quantitative estimate of drug-likeness (QED) is 0.430. The summed E-state index contributed by atoms with van der Waals surface area (Å²) in [7, 11) is 0. The molecule has 0 saturated heterocycles. The number of halogens is 1. The molecule has 0 unspecified atom stereocenters. The standard InChI is InChI=1S/C27H29FN2O2S/c1-3-29-27(32)25(17-21-7-5-4-6-8-21)30(18-22-11-13-23(28)14-12-22)26(31)19-33-24-15-9-20(2)10-16-24/h4-16,25H,3,17-19H2,1-2H3,(H,29,32)/t25-/m0/s1. The van der Waals surface area contributed by atoms with Crippen LogP contribution in [-0.2, 0) is 22.6 Å². The van der Waals surface area contributed by atoms with Gasteiger partial charge < -0.3 is 10.2 Å². The molecular weight excluding hydrogens is 435 g/mol. The van der Waals surface area contributed by atoms with E-state index in [1.54, 1.807) is 17.0 Å². The van der Waals surface area contributed by atoms with Crippen LogP contribution in [0.1, 0.15) is 23.6 Å². The van der Waals surface area contributed by atoms with Crippen molar-refractivity contribution in [3.63, 3.8) is 0 Å². The average Bonchev–Trinajstić information content (AvgIpc) is 2.82. The molecule has 33 heavy (non-hydrogen) atoms. The van der Waals surface area contributed by atoms with E-state index in [0.29, 0.717) is 13.0 Å². The van der Waals surface area contributed by atoms with Gasteiger partial charge in [-0.2, -0.15) is 0 Å². The van der Waals surface area contributed by atoms with E-state index in [9.17, 15) is 14.0 Å². The molecule has 2 amide bonds. The second kappa shape index (κ2) is 12.2. The van der Waals surface area contributed by atoms with Crippen molar-refractivity contribution in [2.75, 3.05) is 12.3 Å². The highest BCUT2D eigenvalue weighted by atomic mass is 32.2. The highest BCUT2D eigenvalue weighted by molar-refractivity contribution is 8.00. The minimum Gasteiger partial charge on any atom is -0.355 e. The average molecular weight is 465 g/mol. The van der Waals surface area contributed by atoms with Gasteiger partial charge in [0.15, 0.2) is 0 Å². The van der Waals surface area contributed by atoms with Crippen LogP contribution in [0.15, 0.2) is 83.8 Å². The van der Waals surface area contributed by atoms with Crippen LogP contribution >= 0.6 is 11.8 Å². The molecule has 0 radical (unpaired) electrons. The number of amides is 2. The van der Waals surface area contributed by atoms with Gasteiger partial charge in [-0.3, -0.25) is 9.59 Å². The zero-order chi connectivity index (χ0) is 23.6. The van der Waals surface area contributed by atoms with Gasteiger partial charge in [0.1, 0.15) is 11.9 Å². The fourth-order valence-corrected chi connectivity index (χ4v) is 4.28. The van der Waals surface area contributed by atoms with E-state index in [1.807, 2.05) is 68.4 Å². The summed E-state index contributed by atoms with van der Waals surface area (Å²) in [6.07, 6.45) is 0.398. The minimum absolute atomic E-state index is 0.142. The maximum Gasteiger partial charge on any atom is 0.243 e. The molecule has 0 aliphatic carbocycles. The number of thioether (sulfide) groups is 1. The number of nitrogens with zero attached hydrogens (tertiary/aromatic N) is 1. The smallest absolute Gasteiger partial charge is 0.243 e. The van der Waals surface area contributed by atoms with Gasteiger partial charge in [-0.25, -0.2) is 4.39 Å². The number of hydrogen-bond donors (Lipinski definition) is 1. The Labute approximate surface area is 199 Å². The molecule has 0 saturated carbocycles. The van der Waals surface area contributed by atoms with Gasteiger partial charge in [0.05, 0.1) is 5.75 Å². The normalized spacial score (nSPS) is 11.6. The highest BCUT2D eigenvalue weighted by Crippen LogP contribution is 2.21. The highest BCUT2D eigenvalue weighted by Gasteiger charge is 2.30. The third-order valence-corrected chi connectivity index (χ3v) is 6.27. The Kier molecular flexibility index (Phi) is 9.07. The van der Waals surface area contributed by atoms with Crippen LogP contribution in [0.5, 0.6) is 0 Å². The summed E-state index contributed by atoms with van der Waals surface area (Å²) in [5.74, 6) is -0.472. The van der Waals surface area contributed by atoms with Crippen molar-refractivity contribution in [3.05, 3.63) is 101 Å². The molecule has 0 aliphatic heterocycles. The van der Waals surface area contributed by atoms with Crippen molar-refractivity contribution in [1.82, 2.24) is 10.2 Å². The molecule has 4 nitrogen and oxygen atoms in total. The largest absolute Gasteiger partial charge is 0.355 e. The van der Waals surface area contributed by atoms with E-state index in [2.05, 4.69) is 5.32 Å². The first-order valence-corrected chi connectivity index (χ1v) is 12.0. The number of hydrogen-bond acceptors (Lipinski definition) is 3. The molecule has 0 aromatic heterocycles. The number of rotatable bonds is 10. The molecule has 6 heteroatoms. The van der Waals surface area contributed by atoms with Crippen LogP contribution in [0.3, 0.4) is 0 Å². The molecular formula is C27H29FN2O2S. The van der Waals surface area contributed by atoms with Crippen LogP contribution in [0.2, 0.25) is 0 Å². The molecule has 0 heterocycles. The molecule has 1 N–H and O–H groups in total. The van der Waals surface area contributed by atoms with Gasteiger partial charge in [-0.05, 0) is 49.2 Å². The van der Waals surface area contributed by atoms with E-state index in [0.717, 1.165) is 21.6 Å². The number of benzene rings is 3. The molecule has 0 spiro atoms. The Bertz CT molecular complexity index is 1040. The molecule has 172 valence electrons. The summed E-state index contributed by atoms with van der Waals surface area (Å²) < 4.78 is 13.4. The minimum atomic E-state index is -0.677. The zero-order valence-corrected chi connectivity index (χ0v) is 19.8. The van der Waals surface area contributed by atoms with E-state index in [1.165, 1.54) is 23.9 Å². The fourth-order valence-electron chi connectivity index (χ4n) is 3.49. The van der Waals surface area contributed by atoms with Crippen molar-refractivity contribution in [1.29, 1.82) is 0 Å². The lowest BCUT2D eigenvalue weighted by atomic mass is 10.0. The number of carbonyl (C=O) groups excluding carboxylic acids is 2. The molecule has 0 aliphatic rings. The van der Waals surface area contributed by atoms with Crippen LogP contribution in [0.25, 0.3) is 0 Å². The molecule has 1 atom stereocenters. The SMILES string of the molecule is CCNC(=O)[C@H](Cc1ccccc1)N(Cc1ccc(F)cc1)C(=O)CSc1ccc(C)cc1. The predicted molar refractivity (Wildman–Crippen MR) is 131 cm³/mol. The molecule has 3 rings (SSSR count). The predicted octanol–water partition coefficient (Wildman–Crippen LogP) is 5.00. The Morgan fingerprint density at radius 3 is 2.24 bits per heavy atom. The summed E-state index contributed by atoms with van der Waals surface area (Å²) in [6, 6.07) is 23.0. The Hall–Kier alpha value is -3.12. The summed E-state index contributed by atoms with van der Waals surface area (Å²) in [4.78, 5) is 29.1. The lowest BCUT2D eigenvalue weighted by Gasteiger charge is -2.31. The second-order valence-corrected chi connectivity index (χ2v) is 8.90. The first-order chi connectivity index (χ1) is 16.0. The summed E-state index contributed by atoms with van der Waals surface area (Å²) in [5.41, 5.74) is 2.90. The Balaban J connectivity index is 1.87. The summed E-state index contributed by atoms with van der Waals surface area (Å²) in [5, 5.41) is 2.88. The van der Waals surface area contributed by atoms with Gasteiger partial charge in [0, 0.05) is 24.4 Å². The fraction of sp³-hybridized carbons (Fsp3) is 0.259. The van der Waals surface area contributed by atoms with E-state index >= 15 is 0 Å². The third kappa shape index (κ3) is 7.46. The maximum atomic E-state index is 13.4. The number of nitrogens with one attached hydrogen (secondary N) is 1. The van der Waals surface area contributed by atoms with Crippen molar-refractivity contribution in [2.24, 2.45) is 0 Å². The van der Waals surface area contributed by atoms with Gasteiger partial charge in [-0.15, -0.1) is 11.8 Å². The Morgan fingerprint density at radius 1 is 0.939 bits per heavy atom. The van der Waals surface area contributed by atoms with Crippen molar-refractivity contribution in [3.8, 4) is 0 Å². The molecule has 3 aromatic rings. The van der Waals surface area contributed by atoms with Gasteiger partial charge in [-0.1, -0.05) is 60.2 Å². The maximum absolute atomic E-state index is 13.4. The molecule has 3 aromatic carbocycles. The first-order valence-electron chi connectivity index (χ1n) is 11.0. The van der Waals surface area contributed by atoms with Crippen LogP contribution in [0.4, 0.5) is 4.39 Å². The van der Waals surface area contributed by atoms with E-state index in [-0.39, 0.29) is 29.9 Å². The monoisotopic (exact) mass is 464 g/mol. The molecule has 0 bridgehead atoms. The van der Waals surface area contributed by atoms with Gasteiger partial charge >= 0.3 is 0 Å². The van der Waals surface area contributed by atoms with Crippen LogP contribution in [-0.4, -0.2) is 35.1 Å². The van der Waals surface area contributed by atoms with E-state index in [4.69, 9.17) is 0 Å². The van der Waals surface area contributed by atoms with Crippen molar-refractivity contribution in [2.45, 2.75) is 37.8 Å². The topological polar surface area (TPSA) is 49.4 Å². The molecule has 0 fully saturated rings. The number of aryl methyl sites for hydroxylation is 1. The zero-order valence-electron chi connectivity index (χ0n) is 19.0. The summed E-state index contributed by atoms with van der Waals surface area (Å²) in [6.45, 7) is 4.57. The van der Waals surface area contributed by atoms with Crippen LogP contribution in [0, 0.1) is 12.7 Å². The first kappa shape index (κ1) is 24.5. The number of carbonyl (C=O) groups is 2. The van der Waals surface area contributed by atoms with Crippen LogP contribution < -0.4 is 5.32 Å². The lowest BCUT2D eigenvalue weighted by Crippen LogP contribution is -2.51. The van der Waals surface area contributed by atoms with Gasteiger partial charge in [0.25, 0.3) is 0 Å².